The van der Waals surface area contributed by atoms with Gasteiger partial charge >= 0.3 is 5.97 Å². The zero-order chi connectivity index (χ0) is 21.8. The van der Waals surface area contributed by atoms with Crippen molar-refractivity contribution in [1.29, 1.82) is 0 Å². The summed E-state index contributed by atoms with van der Waals surface area (Å²) in [5, 5.41) is 8.38. The highest BCUT2D eigenvalue weighted by Crippen LogP contribution is 2.26. The second-order valence-electron chi connectivity index (χ2n) is 6.35. The van der Waals surface area contributed by atoms with Gasteiger partial charge in [-0.3, -0.25) is 4.79 Å². The molecule has 0 aliphatic heterocycles. The van der Waals surface area contributed by atoms with Crippen LogP contribution < -0.4 is 5.32 Å². The van der Waals surface area contributed by atoms with Crippen molar-refractivity contribution in [3.8, 4) is 5.69 Å². The number of methoxy groups -OCH3 is 1. The van der Waals surface area contributed by atoms with Gasteiger partial charge in [0, 0.05) is 5.69 Å². The lowest BCUT2D eigenvalue weighted by Gasteiger charge is -2.06. The van der Waals surface area contributed by atoms with Crippen molar-refractivity contribution in [3.63, 3.8) is 0 Å². The van der Waals surface area contributed by atoms with E-state index in [1.54, 1.807) is 47.3 Å². The van der Waals surface area contributed by atoms with Crippen LogP contribution in [0, 0.1) is 5.82 Å². The second-order valence-corrected chi connectivity index (χ2v) is 7.32. The van der Waals surface area contributed by atoms with Gasteiger partial charge in [0.05, 0.1) is 35.7 Å². The third-order valence-corrected chi connectivity index (χ3v) is 5.34. The number of esters is 1. The summed E-state index contributed by atoms with van der Waals surface area (Å²) in [4.78, 5) is 32.3. The molecule has 0 atom stereocenters. The number of fused-ring (bicyclic) bond motifs is 1. The quantitative estimate of drug-likeness (QED) is 0.280. The number of hydrogen-bond donors (Lipinski definition) is 1. The molecule has 1 N–H and O–H groups in total. The van der Waals surface area contributed by atoms with Crippen LogP contribution in [0.25, 0.3) is 16.7 Å². The summed E-state index contributed by atoms with van der Waals surface area (Å²) < 4.78 is 19.4. The number of hydrogen-bond acceptors (Lipinski definition) is 7. The average Bonchev–Trinajstić information content (AvgIpc) is 3.23. The van der Waals surface area contributed by atoms with Crippen LogP contribution in [0.5, 0.6) is 0 Å². The molecule has 156 valence electrons. The van der Waals surface area contributed by atoms with Crippen molar-refractivity contribution >= 4 is 40.4 Å². The van der Waals surface area contributed by atoms with Crippen LogP contribution in [0.3, 0.4) is 0 Å². The molecule has 4 aromatic rings. The molecule has 8 nitrogen and oxygen atoms in total. The van der Waals surface area contributed by atoms with Crippen LogP contribution in [0.2, 0.25) is 0 Å². The Balaban J connectivity index is 1.45. The summed E-state index contributed by atoms with van der Waals surface area (Å²) in [6.07, 6.45) is 3.01. The van der Waals surface area contributed by atoms with E-state index in [9.17, 15) is 14.0 Å². The highest BCUT2D eigenvalue weighted by Gasteiger charge is 2.13. The number of halogens is 1. The van der Waals surface area contributed by atoms with Crippen molar-refractivity contribution in [2.75, 3.05) is 18.2 Å². The second kappa shape index (κ2) is 8.92. The Morgan fingerprint density at radius 1 is 1.10 bits per heavy atom. The molecule has 1 amide bonds. The molecule has 0 saturated heterocycles. The van der Waals surface area contributed by atoms with E-state index in [4.69, 9.17) is 0 Å². The molecular weight excluding hydrogens is 421 g/mol. The maximum absolute atomic E-state index is 13.2. The fourth-order valence-electron chi connectivity index (χ4n) is 2.85. The summed E-state index contributed by atoms with van der Waals surface area (Å²) in [5.74, 6) is -0.889. The van der Waals surface area contributed by atoms with Crippen molar-refractivity contribution in [2.24, 2.45) is 0 Å². The van der Waals surface area contributed by atoms with Crippen molar-refractivity contribution in [3.05, 3.63) is 72.4 Å². The molecule has 0 bridgehead atoms. The molecule has 2 heterocycles. The molecule has 0 aliphatic rings. The number of carbonyl (C=O) groups is 2. The van der Waals surface area contributed by atoms with Crippen molar-refractivity contribution in [1.82, 2.24) is 19.7 Å². The Bertz CT molecular complexity index is 1240. The first-order chi connectivity index (χ1) is 15.0. The maximum Gasteiger partial charge on any atom is 0.337 e. The Hall–Kier alpha value is -3.79. The first-order valence-corrected chi connectivity index (χ1v) is 10.1. The average molecular weight is 437 g/mol. The SMILES string of the molecule is COC(=O)c1ccc(NC(=O)CSc2ncnc3c2cnn3-c2ccc(F)cc2)cc1. The number of amides is 1. The lowest BCUT2D eigenvalue weighted by atomic mass is 10.2. The molecular formula is C21H16FN5O3S. The predicted molar refractivity (Wildman–Crippen MR) is 114 cm³/mol. The first kappa shape index (κ1) is 20.5. The molecule has 0 radical (unpaired) electrons. The molecule has 31 heavy (non-hydrogen) atoms. The molecule has 4 rings (SSSR count). The van der Waals surface area contributed by atoms with Crippen LogP contribution in [0.15, 0.2) is 66.1 Å². The Morgan fingerprint density at radius 2 is 1.84 bits per heavy atom. The molecule has 0 fully saturated rings. The third kappa shape index (κ3) is 4.53. The fraction of sp³-hybridized carbons (Fsp3) is 0.0952. The minimum Gasteiger partial charge on any atom is -0.465 e. The van der Waals surface area contributed by atoms with Crippen LogP contribution in [0.1, 0.15) is 10.4 Å². The van der Waals surface area contributed by atoms with E-state index < -0.39 is 5.97 Å². The van der Waals surface area contributed by atoms with E-state index in [-0.39, 0.29) is 17.5 Å². The number of rotatable bonds is 6. The van der Waals surface area contributed by atoms with Gasteiger partial charge in [-0.2, -0.15) is 5.10 Å². The normalized spacial score (nSPS) is 10.8. The number of thioether (sulfide) groups is 1. The Labute approximate surface area is 180 Å². The van der Waals surface area contributed by atoms with Crippen LogP contribution in [0.4, 0.5) is 10.1 Å². The van der Waals surface area contributed by atoms with E-state index >= 15 is 0 Å². The number of ether oxygens (including phenoxy) is 1. The minimum atomic E-state index is -0.442. The molecule has 2 aromatic carbocycles. The minimum absolute atomic E-state index is 0.118. The summed E-state index contributed by atoms with van der Waals surface area (Å²) in [6.45, 7) is 0. The van der Waals surface area contributed by atoms with E-state index in [1.165, 1.54) is 37.3 Å². The number of aromatic nitrogens is 4. The van der Waals surface area contributed by atoms with Crippen LogP contribution >= 0.6 is 11.8 Å². The molecule has 0 aliphatic carbocycles. The first-order valence-electron chi connectivity index (χ1n) is 9.11. The predicted octanol–water partition coefficient (Wildman–Crippen LogP) is 3.47. The van der Waals surface area contributed by atoms with Crippen LogP contribution in [-0.2, 0) is 9.53 Å². The molecule has 10 heteroatoms. The number of carbonyl (C=O) groups excluding carboxylic acids is 2. The molecule has 0 saturated carbocycles. The molecule has 0 unspecified atom stereocenters. The van der Waals surface area contributed by atoms with Gasteiger partial charge in [0.1, 0.15) is 17.2 Å². The van der Waals surface area contributed by atoms with Gasteiger partial charge in [0.2, 0.25) is 5.91 Å². The summed E-state index contributed by atoms with van der Waals surface area (Å²) >= 11 is 1.25. The van der Waals surface area contributed by atoms with Gasteiger partial charge in [0.25, 0.3) is 0 Å². The highest BCUT2D eigenvalue weighted by molar-refractivity contribution is 8.00. The largest absolute Gasteiger partial charge is 0.465 e. The van der Waals surface area contributed by atoms with Gasteiger partial charge < -0.3 is 10.1 Å². The number of nitrogens with one attached hydrogen (secondary N) is 1. The highest BCUT2D eigenvalue weighted by atomic mass is 32.2. The van der Waals surface area contributed by atoms with Crippen molar-refractivity contribution < 1.29 is 18.7 Å². The van der Waals surface area contributed by atoms with Gasteiger partial charge in [-0.05, 0) is 48.5 Å². The Morgan fingerprint density at radius 3 is 2.55 bits per heavy atom. The zero-order valence-electron chi connectivity index (χ0n) is 16.3. The summed E-state index contributed by atoms with van der Waals surface area (Å²) in [7, 11) is 1.31. The van der Waals surface area contributed by atoms with E-state index in [2.05, 4.69) is 25.1 Å². The van der Waals surface area contributed by atoms with Gasteiger partial charge in [-0.25, -0.2) is 23.8 Å². The third-order valence-electron chi connectivity index (χ3n) is 4.33. The summed E-state index contributed by atoms with van der Waals surface area (Å²) in [6, 6.07) is 12.3. The molecule has 0 spiro atoms. The lowest BCUT2D eigenvalue weighted by Crippen LogP contribution is -2.14. The number of anilines is 1. The Kier molecular flexibility index (Phi) is 5.89. The van der Waals surface area contributed by atoms with Crippen LogP contribution in [-0.4, -0.2) is 44.5 Å². The number of nitrogens with zero attached hydrogens (tertiary/aromatic N) is 4. The van der Waals surface area contributed by atoms with E-state index in [0.29, 0.717) is 33.0 Å². The maximum atomic E-state index is 13.2. The van der Waals surface area contributed by atoms with E-state index in [1.807, 2.05) is 0 Å². The standard InChI is InChI=1S/C21H16FN5O3S/c1-30-21(29)13-2-6-15(7-3-13)26-18(28)11-31-20-17-10-25-27(19(17)23-12-24-20)16-8-4-14(22)5-9-16/h2-10,12H,11H2,1H3,(H,26,28). The van der Waals surface area contributed by atoms with Crippen molar-refractivity contribution in [2.45, 2.75) is 5.03 Å². The summed E-state index contributed by atoms with van der Waals surface area (Å²) in [5.41, 5.74) is 2.19. The smallest absolute Gasteiger partial charge is 0.337 e. The van der Waals surface area contributed by atoms with Gasteiger partial charge in [-0.1, -0.05) is 11.8 Å². The number of benzene rings is 2. The fourth-order valence-corrected chi connectivity index (χ4v) is 3.61. The van der Waals surface area contributed by atoms with E-state index in [0.717, 1.165) is 0 Å². The van der Waals surface area contributed by atoms with Gasteiger partial charge in [-0.15, -0.1) is 0 Å². The lowest BCUT2D eigenvalue weighted by molar-refractivity contribution is -0.113. The molecule has 2 aromatic heterocycles. The zero-order valence-corrected chi connectivity index (χ0v) is 17.1. The topological polar surface area (TPSA) is 99.0 Å². The monoisotopic (exact) mass is 437 g/mol. The van der Waals surface area contributed by atoms with Gasteiger partial charge in [0.15, 0.2) is 5.65 Å².